The molecule has 0 bridgehead atoms. The fourth-order valence-corrected chi connectivity index (χ4v) is 3.62. The van der Waals surface area contributed by atoms with Crippen molar-refractivity contribution in [3.05, 3.63) is 29.8 Å². The van der Waals surface area contributed by atoms with E-state index in [1.54, 1.807) is 0 Å². The van der Waals surface area contributed by atoms with E-state index in [0.29, 0.717) is 12.6 Å². The second kappa shape index (κ2) is 15.5. The third kappa shape index (κ3) is 10.2. The summed E-state index contributed by atoms with van der Waals surface area (Å²) in [6.45, 7) is 13.5. The lowest BCUT2D eigenvalue weighted by molar-refractivity contribution is -0.122. The van der Waals surface area contributed by atoms with Crippen LogP contribution in [0.25, 0.3) is 0 Å². The van der Waals surface area contributed by atoms with Crippen molar-refractivity contribution < 1.29 is 4.79 Å². The molecule has 0 heterocycles. The Kier molecular flexibility index (Phi) is 13.8. The van der Waals surface area contributed by atoms with Gasteiger partial charge in [-0.15, -0.1) is 24.0 Å². The molecule has 6 nitrogen and oxygen atoms in total. The molecule has 1 saturated carbocycles. The molecule has 1 atom stereocenters. The lowest BCUT2D eigenvalue weighted by Gasteiger charge is -2.24. The van der Waals surface area contributed by atoms with Crippen molar-refractivity contribution in [3.8, 4) is 0 Å². The van der Waals surface area contributed by atoms with Crippen molar-refractivity contribution in [2.24, 2.45) is 10.9 Å². The molecule has 0 aliphatic heterocycles. The quantitative estimate of drug-likeness (QED) is 0.205. The molecular formula is C24H42IN5O. The zero-order chi connectivity index (χ0) is 21.8. The van der Waals surface area contributed by atoms with Gasteiger partial charge < -0.3 is 20.9 Å². The predicted octanol–water partition coefficient (Wildman–Crippen LogP) is 4.61. The van der Waals surface area contributed by atoms with Gasteiger partial charge in [-0.05, 0) is 76.9 Å². The summed E-state index contributed by atoms with van der Waals surface area (Å²) in [7, 11) is 0. The molecule has 0 aromatic heterocycles. The number of amides is 1. The van der Waals surface area contributed by atoms with Gasteiger partial charge in [-0.1, -0.05) is 32.4 Å². The molecule has 176 valence electrons. The third-order valence-corrected chi connectivity index (χ3v) is 5.82. The summed E-state index contributed by atoms with van der Waals surface area (Å²) in [5, 5.41) is 9.91. The van der Waals surface area contributed by atoms with E-state index in [9.17, 15) is 4.79 Å². The summed E-state index contributed by atoms with van der Waals surface area (Å²) < 4.78 is 0. The van der Waals surface area contributed by atoms with Crippen LogP contribution in [-0.2, 0) is 11.3 Å². The first kappa shape index (κ1) is 27.7. The number of nitrogens with zero attached hydrogens (tertiary/aromatic N) is 2. The fraction of sp³-hybridized carbons (Fsp3) is 0.667. The summed E-state index contributed by atoms with van der Waals surface area (Å²) >= 11 is 0. The number of nitrogens with one attached hydrogen (secondary N) is 3. The molecule has 2 rings (SSSR count). The van der Waals surface area contributed by atoms with E-state index in [2.05, 4.69) is 54.6 Å². The number of hydrogen-bond acceptors (Lipinski definition) is 3. The maximum Gasteiger partial charge on any atom is 0.227 e. The van der Waals surface area contributed by atoms with Crippen LogP contribution in [0.4, 0.5) is 5.69 Å². The maximum absolute atomic E-state index is 12.2. The van der Waals surface area contributed by atoms with Crippen LogP contribution in [0.2, 0.25) is 0 Å². The largest absolute Gasteiger partial charge is 0.357 e. The van der Waals surface area contributed by atoms with Crippen molar-refractivity contribution in [2.75, 3.05) is 31.5 Å². The summed E-state index contributed by atoms with van der Waals surface area (Å²) in [5.74, 6) is 1.19. The Balaban J connectivity index is 0.00000480. The number of anilines is 1. The van der Waals surface area contributed by atoms with Crippen LogP contribution in [0.3, 0.4) is 0 Å². The number of carbonyl (C=O) groups is 1. The molecule has 1 aliphatic rings. The van der Waals surface area contributed by atoms with E-state index < -0.39 is 0 Å². The Labute approximate surface area is 206 Å². The van der Waals surface area contributed by atoms with Crippen molar-refractivity contribution >= 4 is 41.5 Å². The zero-order valence-electron chi connectivity index (χ0n) is 19.7. The topological polar surface area (TPSA) is 68.8 Å². The van der Waals surface area contributed by atoms with E-state index in [0.717, 1.165) is 62.7 Å². The highest BCUT2D eigenvalue weighted by atomic mass is 127. The second-order valence-corrected chi connectivity index (χ2v) is 8.23. The monoisotopic (exact) mass is 543 g/mol. The number of guanidine groups is 1. The molecule has 7 heteroatoms. The Hall–Kier alpha value is -1.35. The lowest BCUT2D eigenvalue weighted by atomic mass is 9.85. The minimum atomic E-state index is 0. The smallest absolute Gasteiger partial charge is 0.227 e. The minimum Gasteiger partial charge on any atom is -0.357 e. The molecular weight excluding hydrogens is 501 g/mol. The van der Waals surface area contributed by atoms with Crippen molar-refractivity contribution in [1.82, 2.24) is 15.5 Å². The van der Waals surface area contributed by atoms with Crippen LogP contribution in [0.1, 0.15) is 65.4 Å². The molecule has 1 aliphatic carbocycles. The highest BCUT2D eigenvalue weighted by molar-refractivity contribution is 14.0. The Morgan fingerprint density at radius 3 is 2.58 bits per heavy atom. The predicted molar refractivity (Wildman–Crippen MR) is 142 cm³/mol. The first-order valence-corrected chi connectivity index (χ1v) is 11.7. The van der Waals surface area contributed by atoms with Gasteiger partial charge >= 0.3 is 0 Å². The first-order valence-electron chi connectivity index (χ1n) is 11.7. The summed E-state index contributed by atoms with van der Waals surface area (Å²) in [6.07, 6.45) is 5.49. The van der Waals surface area contributed by atoms with Crippen LogP contribution in [-0.4, -0.2) is 49.0 Å². The normalized spacial score (nSPS) is 15.1. The van der Waals surface area contributed by atoms with Gasteiger partial charge in [0.2, 0.25) is 5.91 Å². The third-order valence-electron chi connectivity index (χ3n) is 5.82. The van der Waals surface area contributed by atoms with Gasteiger partial charge in [0.1, 0.15) is 0 Å². The molecule has 1 aromatic rings. The lowest BCUT2D eigenvalue weighted by Crippen LogP contribution is -2.42. The molecule has 3 N–H and O–H groups in total. The van der Waals surface area contributed by atoms with Gasteiger partial charge in [-0.25, -0.2) is 4.99 Å². The van der Waals surface area contributed by atoms with Crippen molar-refractivity contribution in [3.63, 3.8) is 0 Å². The number of hydrogen-bond donors (Lipinski definition) is 3. The maximum atomic E-state index is 12.2. The summed E-state index contributed by atoms with van der Waals surface area (Å²) in [5.41, 5.74) is 1.95. The minimum absolute atomic E-state index is 0. The van der Waals surface area contributed by atoms with E-state index in [1.807, 2.05) is 18.2 Å². The zero-order valence-corrected chi connectivity index (χ0v) is 22.1. The standard InChI is InChI=1S/C24H41N5O.HI/c1-5-25-24(27-19(4)11-10-16-29(6-2)7-3)26-18-20-12-8-15-22(17-20)28-23(30)21-13-9-14-21;/h8,12,15,17,19,21H,5-7,9-11,13-14,16,18H2,1-4H3,(H,28,30)(H2,25,26,27);1H. The number of rotatable bonds is 12. The van der Waals surface area contributed by atoms with Gasteiger partial charge in [-0.2, -0.15) is 0 Å². The molecule has 0 radical (unpaired) electrons. The second-order valence-electron chi connectivity index (χ2n) is 8.23. The fourth-order valence-electron chi connectivity index (χ4n) is 3.62. The van der Waals surface area contributed by atoms with E-state index >= 15 is 0 Å². The highest BCUT2D eigenvalue weighted by Gasteiger charge is 2.25. The average Bonchev–Trinajstić information content (AvgIpc) is 2.68. The molecule has 1 amide bonds. The average molecular weight is 544 g/mol. The Morgan fingerprint density at radius 1 is 1.23 bits per heavy atom. The number of aliphatic imine (C=N–C) groups is 1. The van der Waals surface area contributed by atoms with E-state index in [1.165, 1.54) is 12.8 Å². The molecule has 1 fully saturated rings. The van der Waals surface area contributed by atoms with Crippen LogP contribution in [0, 0.1) is 5.92 Å². The van der Waals surface area contributed by atoms with Gasteiger partial charge in [-0.3, -0.25) is 4.79 Å². The molecule has 31 heavy (non-hydrogen) atoms. The van der Waals surface area contributed by atoms with E-state index in [4.69, 9.17) is 4.99 Å². The van der Waals surface area contributed by atoms with Gasteiger partial charge in [0.05, 0.1) is 6.54 Å². The SMILES string of the molecule is CCNC(=NCc1cccc(NC(=O)C2CCC2)c1)NC(C)CCCN(CC)CC.I. The van der Waals surface area contributed by atoms with Crippen molar-refractivity contribution in [1.29, 1.82) is 0 Å². The molecule has 1 unspecified atom stereocenters. The van der Waals surface area contributed by atoms with Gasteiger partial charge in [0.25, 0.3) is 0 Å². The summed E-state index contributed by atoms with van der Waals surface area (Å²) in [6, 6.07) is 8.38. The van der Waals surface area contributed by atoms with Crippen LogP contribution in [0.15, 0.2) is 29.3 Å². The van der Waals surface area contributed by atoms with Crippen LogP contribution < -0.4 is 16.0 Å². The summed E-state index contributed by atoms with van der Waals surface area (Å²) in [4.78, 5) is 19.4. The Morgan fingerprint density at radius 2 is 1.97 bits per heavy atom. The number of halogens is 1. The molecule has 0 spiro atoms. The molecule has 0 saturated heterocycles. The van der Waals surface area contributed by atoms with Crippen LogP contribution in [0.5, 0.6) is 0 Å². The molecule has 1 aromatic carbocycles. The number of benzene rings is 1. The van der Waals surface area contributed by atoms with Gasteiger partial charge in [0.15, 0.2) is 5.96 Å². The van der Waals surface area contributed by atoms with Crippen molar-refractivity contribution in [2.45, 2.75) is 72.4 Å². The Bertz CT molecular complexity index is 674. The first-order chi connectivity index (χ1) is 14.5. The van der Waals surface area contributed by atoms with Gasteiger partial charge in [0, 0.05) is 24.2 Å². The van der Waals surface area contributed by atoms with Crippen LogP contribution >= 0.6 is 24.0 Å². The van der Waals surface area contributed by atoms with E-state index in [-0.39, 0.29) is 35.8 Å². The highest BCUT2D eigenvalue weighted by Crippen LogP contribution is 2.27. The number of carbonyl (C=O) groups excluding carboxylic acids is 1.